The lowest BCUT2D eigenvalue weighted by molar-refractivity contribution is 1.57. The zero-order chi connectivity index (χ0) is 8.10. The topological polar surface area (TPSA) is 0 Å². The fourth-order valence-electron chi connectivity index (χ4n) is 1.06. The monoisotopic (exact) mass is 144 g/mol. The van der Waals surface area contributed by atoms with E-state index in [1.807, 2.05) is 31.2 Å². The molecule has 0 aromatic heterocycles. The summed E-state index contributed by atoms with van der Waals surface area (Å²) in [5, 5.41) is 0. The largest absolute Gasteiger partial charge is 0.0990 e. The van der Waals surface area contributed by atoms with Gasteiger partial charge in [-0.1, -0.05) is 49.1 Å². The van der Waals surface area contributed by atoms with E-state index in [1.165, 1.54) is 11.1 Å². The van der Waals surface area contributed by atoms with Gasteiger partial charge in [-0.2, -0.15) is 0 Å². The minimum absolute atomic E-state index is 1.23. The summed E-state index contributed by atoms with van der Waals surface area (Å²) in [4.78, 5) is 0. The van der Waals surface area contributed by atoms with Gasteiger partial charge in [0.05, 0.1) is 0 Å². The first-order valence-electron chi connectivity index (χ1n) is 3.72. The van der Waals surface area contributed by atoms with Crippen molar-refractivity contribution in [3.05, 3.63) is 60.3 Å². The average molecular weight is 144 g/mol. The Labute approximate surface area is 67.9 Å². The lowest BCUT2D eigenvalue weighted by atomic mass is 10.1. The third kappa shape index (κ3) is 1.81. The molecule has 1 aliphatic carbocycles. The summed E-state index contributed by atoms with van der Waals surface area (Å²) in [6.07, 6.45) is 14.2. The Bertz CT molecular complexity index is 260. The summed E-state index contributed by atoms with van der Waals surface area (Å²) >= 11 is 0. The van der Waals surface area contributed by atoms with Crippen molar-refractivity contribution in [3.8, 4) is 0 Å². The Morgan fingerprint density at radius 1 is 1.45 bits per heavy atom. The maximum Gasteiger partial charge on any atom is -0.0184 e. The van der Waals surface area contributed by atoms with E-state index < -0.39 is 0 Å². The van der Waals surface area contributed by atoms with Gasteiger partial charge in [0.15, 0.2) is 0 Å². The van der Waals surface area contributed by atoms with Crippen molar-refractivity contribution in [2.24, 2.45) is 0 Å². The van der Waals surface area contributed by atoms with Crippen LogP contribution < -0.4 is 0 Å². The molecule has 0 saturated heterocycles. The minimum Gasteiger partial charge on any atom is -0.0990 e. The molecule has 0 aromatic carbocycles. The molecular formula is C11H12. The van der Waals surface area contributed by atoms with Crippen molar-refractivity contribution in [2.75, 3.05) is 0 Å². The van der Waals surface area contributed by atoms with E-state index in [-0.39, 0.29) is 0 Å². The van der Waals surface area contributed by atoms with E-state index in [2.05, 4.69) is 24.8 Å². The van der Waals surface area contributed by atoms with Crippen LogP contribution in [0.15, 0.2) is 60.3 Å². The van der Waals surface area contributed by atoms with E-state index in [0.717, 1.165) is 0 Å². The maximum absolute atomic E-state index is 3.66. The van der Waals surface area contributed by atoms with Crippen LogP contribution in [0.2, 0.25) is 0 Å². The molecule has 0 fully saturated rings. The third-order valence-corrected chi connectivity index (χ3v) is 1.53. The summed E-state index contributed by atoms with van der Waals surface area (Å²) in [6.45, 7) is 5.68. The second-order valence-corrected chi connectivity index (χ2v) is 2.34. The van der Waals surface area contributed by atoms with Gasteiger partial charge in [0.1, 0.15) is 0 Å². The molecule has 0 nitrogen and oxygen atoms in total. The van der Waals surface area contributed by atoms with Crippen LogP contribution in [0.4, 0.5) is 0 Å². The van der Waals surface area contributed by atoms with E-state index in [4.69, 9.17) is 0 Å². The van der Waals surface area contributed by atoms with Crippen molar-refractivity contribution >= 4 is 0 Å². The van der Waals surface area contributed by atoms with Crippen LogP contribution in [-0.2, 0) is 0 Å². The Balaban J connectivity index is 2.85. The molecule has 1 aliphatic rings. The molecule has 56 valence electrons. The quantitative estimate of drug-likeness (QED) is 0.558. The molecule has 0 atom stereocenters. The fourth-order valence-corrected chi connectivity index (χ4v) is 1.06. The maximum atomic E-state index is 3.66. The van der Waals surface area contributed by atoms with Crippen molar-refractivity contribution in [2.45, 2.75) is 6.92 Å². The molecule has 1 rings (SSSR count). The summed E-state index contributed by atoms with van der Waals surface area (Å²) in [5.74, 6) is 0. The zero-order valence-corrected chi connectivity index (χ0v) is 6.75. The third-order valence-electron chi connectivity index (χ3n) is 1.53. The van der Waals surface area contributed by atoms with Gasteiger partial charge in [-0.05, 0) is 18.1 Å². The van der Waals surface area contributed by atoms with Crippen LogP contribution in [-0.4, -0.2) is 0 Å². The van der Waals surface area contributed by atoms with Crippen molar-refractivity contribution in [1.29, 1.82) is 0 Å². The molecule has 0 bridgehead atoms. The summed E-state index contributed by atoms with van der Waals surface area (Å²) < 4.78 is 0. The van der Waals surface area contributed by atoms with Crippen LogP contribution in [0, 0.1) is 0 Å². The van der Waals surface area contributed by atoms with Gasteiger partial charge in [-0.3, -0.25) is 0 Å². The molecule has 0 heterocycles. The molecule has 0 heteroatoms. The summed E-state index contributed by atoms with van der Waals surface area (Å²) in [6, 6.07) is 0. The first-order chi connectivity index (χ1) is 5.38. The van der Waals surface area contributed by atoms with Gasteiger partial charge >= 0.3 is 0 Å². The molecule has 0 saturated carbocycles. The summed E-state index contributed by atoms with van der Waals surface area (Å²) in [5.41, 5.74) is 2.49. The van der Waals surface area contributed by atoms with Crippen LogP contribution >= 0.6 is 0 Å². The van der Waals surface area contributed by atoms with E-state index in [9.17, 15) is 0 Å². The summed E-state index contributed by atoms with van der Waals surface area (Å²) in [7, 11) is 0. The second-order valence-electron chi connectivity index (χ2n) is 2.34. The van der Waals surface area contributed by atoms with Crippen LogP contribution in [0.25, 0.3) is 0 Å². The molecule has 0 aromatic rings. The molecule has 0 radical (unpaired) electrons. The zero-order valence-electron chi connectivity index (χ0n) is 6.75. The first kappa shape index (κ1) is 7.80. The Morgan fingerprint density at radius 3 is 2.91 bits per heavy atom. The standard InChI is InChI=1S/C11H12/c1-3-6-10-8-5-9-11(10)7-4-2/h3-9H,1H2,2H3/b7-4-,10-6-. The molecule has 0 aliphatic heterocycles. The lowest BCUT2D eigenvalue weighted by Gasteiger charge is -1.94. The predicted molar refractivity (Wildman–Crippen MR) is 50.3 cm³/mol. The molecule has 11 heavy (non-hydrogen) atoms. The van der Waals surface area contributed by atoms with Crippen LogP contribution in [0.1, 0.15) is 6.92 Å². The van der Waals surface area contributed by atoms with E-state index >= 15 is 0 Å². The highest BCUT2D eigenvalue weighted by Gasteiger charge is 1.99. The lowest BCUT2D eigenvalue weighted by Crippen LogP contribution is -1.75. The highest BCUT2D eigenvalue weighted by Crippen LogP contribution is 2.19. The molecule has 0 unspecified atom stereocenters. The fraction of sp³-hybridized carbons (Fsp3) is 0.0909. The van der Waals surface area contributed by atoms with Crippen molar-refractivity contribution < 1.29 is 0 Å². The SMILES string of the molecule is C=C/C=C1/C=CC=C1/C=C\C. The van der Waals surface area contributed by atoms with Gasteiger partial charge in [-0.25, -0.2) is 0 Å². The number of hydrogen-bond acceptors (Lipinski definition) is 0. The highest BCUT2D eigenvalue weighted by atomic mass is 14.0. The first-order valence-corrected chi connectivity index (χ1v) is 3.72. The Kier molecular flexibility index (Phi) is 2.67. The predicted octanol–water partition coefficient (Wildman–Crippen LogP) is 3.17. The molecule has 0 N–H and O–H groups in total. The molecular weight excluding hydrogens is 132 g/mol. The molecule has 0 amide bonds. The van der Waals surface area contributed by atoms with Gasteiger partial charge in [-0.15, -0.1) is 0 Å². The van der Waals surface area contributed by atoms with Gasteiger partial charge in [0, 0.05) is 0 Å². The number of rotatable bonds is 2. The number of hydrogen-bond donors (Lipinski definition) is 0. The second kappa shape index (κ2) is 3.77. The van der Waals surface area contributed by atoms with Crippen LogP contribution in [0.5, 0.6) is 0 Å². The number of allylic oxidation sites excluding steroid dienone is 9. The average Bonchev–Trinajstić information content (AvgIpc) is 2.39. The van der Waals surface area contributed by atoms with E-state index in [1.54, 1.807) is 0 Å². The Morgan fingerprint density at radius 2 is 2.27 bits per heavy atom. The normalized spacial score (nSPS) is 19.7. The molecule has 0 spiro atoms. The van der Waals surface area contributed by atoms with Crippen LogP contribution in [0.3, 0.4) is 0 Å². The smallest absolute Gasteiger partial charge is 0.0184 e. The van der Waals surface area contributed by atoms with Gasteiger partial charge in [0.2, 0.25) is 0 Å². The Hall–Kier alpha value is -1.30. The van der Waals surface area contributed by atoms with Gasteiger partial charge < -0.3 is 0 Å². The minimum atomic E-state index is 1.23. The highest BCUT2D eigenvalue weighted by molar-refractivity contribution is 5.54. The van der Waals surface area contributed by atoms with Crippen molar-refractivity contribution in [3.63, 3.8) is 0 Å². The van der Waals surface area contributed by atoms with Crippen molar-refractivity contribution in [1.82, 2.24) is 0 Å². The van der Waals surface area contributed by atoms with Gasteiger partial charge in [0.25, 0.3) is 0 Å². The van der Waals surface area contributed by atoms with E-state index in [0.29, 0.717) is 0 Å².